The molecular weight excluding hydrogens is 120 g/mol. The summed E-state index contributed by atoms with van der Waals surface area (Å²) < 4.78 is 0. The molecule has 0 aromatic rings. The molecule has 0 spiro atoms. The van der Waals surface area contributed by atoms with E-state index in [1.807, 2.05) is 26.2 Å². The van der Waals surface area contributed by atoms with Crippen LogP contribution in [0.4, 0.5) is 0 Å². The second-order valence-electron chi connectivity index (χ2n) is 1.95. The molecule has 8 heavy (non-hydrogen) atoms. The fourth-order valence-electron chi connectivity index (χ4n) is 0.345. The summed E-state index contributed by atoms with van der Waals surface area (Å²) in [7, 11) is 6.07. The highest BCUT2D eigenvalue weighted by Crippen LogP contribution is 1.84. The molecular formula is C5H14N2S. The van der Waals surface area contributed by atoms with Crippen LogP contribution in [0.1, 0.15) is 0 Å². The van der Waals surface area contributed by atoms with Crippen molar-refractivity contribution in [2.75, 3.05) is 33.4 Å². The van der Waals surface area contributed by atoms with Crippen molar-refractivity contribution in [2.24, 2.45) is 0 Å². The van der Waals surface area contributed by atoms with E-state index in [2.05, 4.69) is 17.6 Å². The van der Waals surface area contributed by atoms with Crippen LogP contribution in [-0.4, -0.2) is 43.5 Å². The van der Waals surface area contributed by atoms with Gasteiger partial charge in [0.15, 0.2) is 0 Å². The molecule has 2 nitrogen and oxygen atoms in total. The van der Waals surface area contributed by atoms with Gasteiger partial charge in [0.25, 0.3) is 0 Å². The van der Waals surface area contributed by atoms with Gasteiger partial charge in [0.1, 0.15) is 0 Å². The summed E-state index contributed by atoms with van der Waals surface area (Å²) in [6.07, 6.45) is 0. The van der Waals surface area contributed by atoms with Crippen LogP contribution in [0.2, 0.25) is 0 Å². The van der Waals surface area contributed by atoms with Gasteiger partial charge in [-0.3, -0.25) is 0 Å². The zero-order chi connectivity index (χ0) is 6.57. The molecule has 0 saturated heterocycles. The van der Waals surface area contributed by atoms with Gasteiger partial charge in [0.05, 0.1) is 0 Å². The fourth-order valence-corrected chi connectivity index (χ4v) is 0.634. The first-order chi connectivity index (χ1) is 3.68. The molecule has 3 heteroatoms. The molecule has 0 radical (unpaired) electrons. The third kappa shape index (κ3) is 3.29. The summed E-state index contributed by atoms with van der Waals surface area (Å²) in [6, 6.07) is 0. The lowest BCUT2D eigenvalue weighted by Gasteiger charge is -2.22. The van der Waals surface area contributed by atoms with E-state index in [9.17, 15) is 0 Å². The van der Waals surface area contributed by atoms with Crippen molar-refractivity contribution < 1.29 is 0 Å². The Bertz CT molecular complexity index is 56.4. The molecule has 0 fully saturated rings. The second-order valence-corrected chi connectivity index (χ2v) is 2.40. The summed E-state index contributed by atoms with van der Waals surface area (Å²) in [4.78, 5) is 0. The molecule has 0 aromatic carbocycles. The predicted molar refractivity (Wildman–Crippen MR) is 40.2 cm³/mol. The van der Waals surface area contributed by atoms with Crippen LogP contribution in [0.15, 0.2) is 0 Å². The third-order valence-electron chi connectivity index (χ3n) is 1.11. The first-order valence-electron chi connectivity index (χ1n) is 2.67. The van der Waals surface area contributed by atoms with Crippen LogP contribution in [-0.2, 0) is 0 Å². The maximum atomic E-state index is 4.09. The zero-order valence-electron chi connectivity index (χ0n) is 5.76. The molecule has 0 aromatic heterocycles. The molecule has 0 saturated carbocycles. The highest BCUT2D eigenvalue weighted by molar-refractivity contribution is 7.80. The van der Waals surface area contributed by atoms with Crippen LogP contribution in [0.5, 0.6) is 0 Å². The van der Waals surface area contributed by atoms with Gasteiger partial charge < -0.3 is 0 Å². The van der Waals surface area contributed by atoms with Gasteiger partial charge in [-0.2, -0.15) is 12.6 Å². The van der Waals surface area contributed by atoms with E-state index in [0.29, 0.717) is 0 Å². The maximum Gasteiger partial charge on any atom is 0.0218 e. The molecule has 0 bridgehead atoms. The van der Waals surface area contributed by atoms with Gasteiger partial charge in [0.2, 0.25) is 0 Å². The van der Waals surface area contributed by atoms with Crippen LogP contribution in [0.25, 0.3) is 0 Å². The Kier molecular flexibility index (Phi) is 4.32. The molecule has 0 aliphatic carbocycles. The minimum absolute atomic E-state index is 0.911. The van der Waals surface area contributed by atoms with Crippen molar-refractivity contribution in [1.29, 1.82) is 0 Å². The van der Waals surface area contributed by atoms with E-state index in [-0.39, 0.29) is 0 Å². The molecule has 0 N–H and O–H groups in total. The van der Waals surface area contributed by atoms with Crippen LogP contribution in [0, 0.1) is 0 Å². The highest BCUT2D eigenvalue weighted by Gasteiger charge is 1.95. The smallest absolute Gasteiger partial charge is 0.0218 e. The Hall–Kier alpha value is 0.270. The molecule has 0 rings (SSSR count). The summed E-state index contributed by atoms with van der Waals surface area (Å²) in [5.41, 5.74) is 0. The molecule has 50 valence electrons. The average Bonchev–Trinajstić information content (AvgIpc) is 1.67. The molecule has 0 unspecified atom stereocenters. The minimum atomic E-state index is 0.911. The minimum Gasteiger partial charge on any atom is -0.248 e. The third-order valence-corrected chi connectivity index (χ3v) is 1.31. The van der Waals surface area contributed by atoms with Gasteiger partial charge >= 0.3 is 0 Å². The largest absolute Gasteiger partial charge is 0.248 e. The lowest BCUT2D eigenvalue weighted by Crippen LogP contribution is -2.34. The summed E-state index contributed by atoms with van der Waals surface area (Å²) in [5.74, 6) is 0.911. The van der Waals surface area contributed by atoms with E-state index in [0.717, 1.165) is 12.3 Å². The SMILES string of the molecule is CN(C)N(C)CCS. The normalized spacial score (nSPS) is 11.2. The fraction of sp³-hybridized carbons (Fsp3) is 1.00. The standard InChI is InChI=1S/C5H14N2S/c1-6(2)7(3)4-5-8/h8H,4-5H2,1-3H3. The first kappa shape index (κ1) is 8.27. The van der Waals surface area contributed by atoms with Crippen molar-refractivity contribution in [1.82, 2.24) is 10.0 Å². The Labute approximate surface area is 56.8 Å². The van der Waals surface area contributed by atoms with E-state index >= 15 is 0 Å². The zero-order valence-corrected chi connectivity index (χ0v) is 6.65. The summed E-state index contributed by atoms with van der Waals surface area (Å²) in [5, 5.41) is 4.14. The highest BCUT2D eigenvalue weighted by atomic mass is 32.1. The molecule has 0 amide bonds. The van der Waals surface area contributed by atoms with Crippen molar-refractivity contribution in [3.63, 3.8) is 0 Å². The van der Waals surface area contributed by atoms with Crippen LogP contribution < -0.4 is 0 Å². The van der Waals surface area contributed by atoms with E-state index in [1.54, 1.807) is 0 Å². The van der Waals surface area contributed by atoms with Crippen molar-refractivity contribution in [3.8, 4) is 0 Å². The molecule has 0 atom stereocenters. The number of thiol groups is 1. The Balaban J connectivity index is 3.17. The lowest BCUT2D eigenvalue weighted by atomic mass is 10.7. The topological polar surface area (TPSA) is 6.48 Å². The summed E-state index contributed by atoms with van der Waals surface area (Å²) >= 11 is 4.09. The predicted octanol–water partition coefficient (Wildman–Crippen LogP) is 0.325. The Morgan fingerprint density at radius 1 is 1.25 bits per heavy atom. The number of hydrogen-bond donors (Lipinski definition) is 1. The van der Waals surface area contributed by atoms with Crippen molar-refractivity contribution >= 4 is 12.6 Å². The van der Waals surface area contributed by atoms with Crippen LogP contribution in [0.3, 0.4) is 0 Å². The average molecular weight is 134 g/mol. The number of rotatable bonds is 3. The Morgan fingerprint density at radius 3 is 1.88 bits per heavy atom. The number of nitrogens with zero attached hydrogens (tertiary/aromatic N) is 2. The van der Waals surface area contributed by atoms with Crippen molar-refractivity contribution in [3.05, 3.63) is 0 Å². The molecule has 0 aliphatic heterocycles. The summed E-state index contributed by atoms with van der Waals surface area (Å²) in [6.45, 7) is 1.01. The molecule has 0 heterocycles. The van der Waals surface area contributed by atoms with Gasteiger partial charge in [-0.15, -0.1) is 0 Å². The quantitative estimate of drug-likeness (QED) is 0.439. The monoisotopic (exact) mass is 134 g/mol. The van der Waals surface area contributed by atoms with Gasteiger partial charge in [-0.25, -0.2) is 10.0 Å². The maximum absolute atomic E-state index is 4.09. The van der Waals surface area contributed by atoms with Gasteiger partial charge in [0, 0.05) is 33.4 Å². The van der Waals surface area contributed by atoms with Gasteiger partial charge in [-0.1, -0.05) is 0 Å². The second kappa shape index (κ2) is 4.18. The Morgan fingerprint density at radius 2 is 1.75 bits per heavy atom. The molecule has 0 aliphatic rings. The van der Waals surface area contributed by atoms with Crippen LogP contribution >= 0.6 is 12.6 Å². The number of hydrazine groups is 1. The van der Waals surface area contributed by atoms with E-state index < -0.39 is 0 Å². The van der Waals surface area contributed by atoms with E-state index in [1.165, 1.54) is 0 Å². The van der Waals surface area contributed by atoms with E-state index in [4.69, 9.17) is 0 Å². The van der Waals surface area contributed by atoms with Crippen molar-refractivity contribution in [2.45, 2.75) is 0 Å². The van der Waals surface area contributed by atoms with Gasteiger partial charge in [-0.05, 0) is 0 Å². The lowest BCUT2D eigenvalue weighted by molar-refractivity contribution is 0.0643. The first-order valence-corrected chi connectivity index (χ1v) is 3.31. The number of hydrogen-bond acceptors (Lipinski definition) is 3.